The lowest BCUT2D eigenvalue weighted by Gasteiger charge is -1.99. The van der Waals surface area contributed by atoms with Crippen LogP contribution in [-0.4, -0.2) is 0 Å². The standard InChI is InChI=1S/C13H10O3/c1-7-5-9-3-4-10-11(8(2)6-15-10)12(9)16-13(7)14/h3-6H,1-2H3. The van der Waals surface area contributed by atoms with Crippen molar-refractivity contribution in [1.82, 2.24) is 0 Å². The fraction of sp³-hybridized carbons (Fsp3) is 0.154. The predicted molar refractivity (Wildman–Crippen MR) is 61.7 cm³/mol. The molecule has 0 bridgehead atoms. The molecule has 1 aromatic carbocycles. The predicted octanol–water partition coefficient (Wildman–Crippen LogP) is 3.16. The van der Waals surface area contributed by atoms with Gasteiger partial charge in [-0.15, -0.1) is 0 Å². The topological polar surface area (TPSA) is 43.4 Å². The van der Waals surface area contributed by atoms with Crippen molar-refractivity contribution in [3.63, 3.8) is 0 Å². The summed E-state index contributed by atoms with van der Waals surface area (Å²) in [6.07, 6.45) is 1.67. The zero-order valence-electron chi connectivity index (χ0n) is 9.03. The largest absolute Gasteiger partial charge is 0.464 e. The van der Waals surface area contributed by atoms with E-state index in [1.54, 1.807) is 13.2 Å². The maximum Gasteiger partial charge on any atom is 0.339 e. The zero-order chi connectivity index (χ0) is 11.3. The molecule has 2 aromatic heterocycles. The number of aryl methyl sites for hydroxylation is 2. The van der Waals surface area contributed by atoms with E-state index in [-0.39, 0.29) is 5.63 Å². The van der Waals surface area contributed by atoms with Crippen LogP contribution in [0, 0.1) is 13.8 Å². The second-order valence-corrected chi connectivity index (χ2v) is 3.99. The molecule has 0 atom stereocenters. The van der Waals surface area contributed by atoms with Crippen molar-refractivity contribution in [3.05, 3.63) is 46.0 Å². The summed E-state index contributed by atoms with van der Waals surface area (Å²) in [5, 5.41) is 1.81. The van der Waals surface area contributed by atoms with Crippen LogP contribution in [0.25, 0.3) is 21.9 Å². The molecule has 3 rings (SSSR count). The number of rotatable bonds is 0. The van der Waals surface area contributed by atoms with Crippen molar-refractivity contribution in [3.8, 4) is 0 Å². The highest BCUT2D eigenvalue weighted by Gasteiger charge is 2.10. The van der Waals surface area contributed by atoms with E-state index < -0.39 is 0 Å². The van der Waals surface area contributed by atoms with Gasteiger partial charge in [-0.3, -0.25) is 0 Å². The molecule has 0 aliphatic rings. The molecule has 0 aliphatic carbocycles. The van der Waals surface area contributed by atoms with Gasteiger partial charge in [-0.1, -0.05) is 0 Å². The Kier molecular flexibility index (Phi) is 1.72. The molecule has 3 aromatic rings. The second-order valence-electron chi connectivity index (χ2n) is 3.99. The molecular formula is C13H10O3. The van der Waals surface area contributed by atoms with E-state index in [0.29, 0.717) is 11.1 Å². The quantitative estimate of drug-likeness (QED) is 0.540. The minimum Gasteiger partial charge on any atom is -0.464 e. The molecule has 0 aliphatic heterocycles. The van der Waals surface area contributed by atoms with Crippen molar-refractivity contribution >= 4 is 21.9 Å². The van der Waals surface area contributed by atoms with Crippen molar-refractivity contribution in [2.45, 2.75) is 13.8 Å². The lowest BCUT2D eigenvalue weighted by molar-refractivity contribution is 0.557. The van der Waals surface area contributed by atoms with E-state index in [2.05, 4.69) is 0 Å². The van der Waals surface area contributed by atoms with Crippen LogP contribution in [-0.2, 0) is 0 Å². The summed E-state index contributed by atoms with van der Waals surface area (Å²) in [6, 6.07) is 5.63. The summed E-state index contributed by atoms with van der Waals surface area (Å²) < 4.78 is 10.7. The normalized spacial score (nSPS) is 11.4. The summed E-state index contributed by atoms with van der Waals surface area (Å²) in [7, 11) is 0. The lowest BCUT2D eigenvalue weighted by atomic mass is 10.1. The first kappa shape index (κ1) is 9.21. The molecule has 0 unspecified atom stereocenters. The number of hydrogen-bond acceptors (Lipinski definition) is 3. The molecule has 3 nitrogen and oxygen atoms in total. The summed E-state index contributed by atoms with van der Waals surface area (Å²) in [6.45, 7) is 3.68. The Balaban J connectivity index is 2.64. The van der Waals surface area contributed by atoms with E-state index in [1.807, 2.05) is 25.1 Å². The van der Waals surface area contributed by atoms with E-state index >= 15 is 0 Å². The summed E-state index contributed by atoms with van der Waals surface area (Å²) in [4.78, 5) is 11.5. The number of benzene rings is 1. The molecule has 16 heavy (non-hydrogen) atoms. The molecular weight excluding hydrogens is 204 g/mol. The minimum absolute atomic E-state index is 0.291. The third-order valence-corrected chi connectivity index (χ3v) is 2.80. The van der Waals surface area contributed by atoms with Crippen LogP contribution in [0.3, 0.4) is 0 Å². The summed E-state index contributed by atoms with van der Waals surface area (Å²) >= 11 is 0. The number of furan rings is 1. The molecule has 0 spiro atoms. The molecule has 2 heterocycles. The molecule has 0 saturated carbocycles. The highest BCUT2D eigenvalue weighted by Crippen LogP contribution is 2.28. The minimum atomic E-state index is -0.291. The van der Waals surface area contributed by atoms with Crippen LogP contribution in [0.4, 0.5) is 0 Å². The Bertz CT molecular complexity index is 747. The third kappa shape index (κ3) is 1.11. The first-order chi connectivity index (χ1) is 7.66. The first-order valence-corrected chi connectivity index (χ1v) is 5.08. The van der Waals surface area contributed by atoms with Gasteiger partial charge in [0.25, 0.3) is 0 Å². The van der Waals surface area contributed by atoms with E-state index in [9.17, 15) is 4.79 Å². The average Bonchev–Trinajstić information content (AvgIpc) is 2.63. The van der Waals surface area contributed by atoms with Crippen LogP contribution in [0.1, 0.15) is 11.1 Å². The zero-order valence-corrected chi connectivity index (χ0v) is 9.03. The van der Waals surface area contributed by atoms with Gasteiger partial charge in [-0.05, 0) is 37.6 Å². The van der Waals surface area contributed by atoms with E-state index in [0.717, 1.165) is 21.9 Å². The Morgan fingerprint density at radius 3 is 2.75 bits per heavy atom. The van der Waals surface area contributed by atoms with Gasteiger partial charge < -0.3 is 8.83 Å². The van der Waals surface area contributed by atoms with Crippen molar-refractivity contribution in [1.29, 1.82) is 0 Å². The van der Waals surface area contributed by atoms with Crippen LogP contribution < -0.4 is 5.63 Å². The first-order valence-electron chi connectivity index (χ1n) is 5.08. The number of fused-ring (bicyclic) bond motifs is 3. The number of hydrogen-bond donors (Lipinski definition) is 0. The molecule has 80 valence electrons. The van der Waals surface area contributed by atoms with Gasteiger partial charge >= 0.3 is 5.63 Å². The van der Waals surface area contributed by atoms with Gasteiger partial charge in [0.05, 0.1) is 11.6 Å². The maximum atomic E-state index is 11.5. The van der Waals surface area contributed by atoms with Gasteiger partial charge in [-0.2, -0.15) is 0 Å². The highest BCUT2D eigenvalue weighted by atomic mass is 16.4. The molecule has 0 radical (unpaired) electrons. The van der Waals surface area contributed by atoms with Crippen molar-refractivity contribution in [2.75, 3.05) is 0 Å². The van der Waals surface area contributed by atoms with Gasteiger partial charge in [-0.25, -0.2) is 4.79 Å². The molecule has 0 N–H and O–H groups in total. The summed E-state index contributed by atoms with van der Waals surface area (Å²) in [5.74, 6) is 0. The smallest absolute Gasteiger partial charge is 0.339 e. The summed E-state index contributed by atoms with van der Waals surface area (Å²) in [5.41, 5.74) is 2.66. The third-order valence-electron chi connectivity index (χ3n) is 2.80. The van der Waals surface area contributed by atoms with Crippen LogP contribution in [0.2, 0.25) is 0 Å². The van der Waals surface area contributed by atoms with Gasteiger partial charge in [0.2, 0.25) is 0 Å². The second kappa shape index (κ2) is 2.98. The fourth-order valence-electron chi connectivity index (χ4n) is 1.95. The SMILES string of the molecule is Cc1cc2ccc3occ(C)c3c2oc1=O. The average molecular weight is 214 g/mol. The van der Waals surface area contributed by atoms with Gasteiger partial charge in [0, 0.05) is 10.9 Å². The Labute approximate surface area is 91.3 Å². The molecule has 0 saturated heterocycles. The molecule has 0 fully saturated rings. The van der Waals surface area contributed by atoms with Gasteiger partial charge in [0.15, 0.2) is 0 Å². The Morgan fingerprint density at radius 2 is 1.94 bits per heavy atom. The van der Waals surface area contributed by atoms with E-state index in [1.165, 1.54) is 0 Å². The lowest BCUT2D eigenvalue weighted by Crippen LogP contribution is -2.01. The Hall–Kier alpha value is -2.03. The highest BCUT2D eigenvalue weighted by molar-refractivity contribution is 6.03. The molecule has 0 amide bonds. The fourth-order valence-corrected chi connectivity index (χ4v) is 1.95. The Morgan fingerprint density at radius 1 is 1.12 bits per heavy atom. The monoisotopic (exact) mass is 214 g/mol. The van der Waals surface area contributed by atoms with Crippen molar-refractivity contribution < 1.29 is 8.83 Å². The van der Waals surface area contributed by atoms with Crippen LogP contribution in [0.5, 0.6) is 0 Å². The van der Waals surface area contributed by atoms with Crippen molar-refractivity contribution in [2.24, 2.45) is 0 Å². The molecule has 3 heteroatoms. The van der Waals surface area contributed by atoms with Gasteiger partial charge in [0.1, 0.15) is 11.2 Å². The van der Waals surface area contributed by atoms with Crippen LogP contribution >= 0.6 is 0 Å². The van der Waals surface area contributed by atoms with E-state index in [4.69, 9.17) is 8.83 Å². The van der Waals surface area contributed by atoms with Crippen LogP contribution in [0.15, 0.2) is 38.1 Å². The maximum absolute atomic E-state index is 11.5.